The number of hydrogen-bond acceptors (Lipinski definition) is 3. The molecule has 2 rings (SSSR count). The standard InChI is InChI=1S/C11H15NO3/c1-7-9(5-13)8-3-4-12(2)11(14)10(8)6-15-7/h5-9H,3-4H2,1-2H3/t7-,8+,9-/m1/s1. The largest absolute Gasteiger partial charge is 0.497 e. The lowest BCUT2D eigenvalue weighted by Gasteiger charge is -2.38. The first-order chi connectivity index (χ1) is 7.15. The maximum absolute atomic E-state index is 11.8. The van der Waals surface area contributed by atoms with Crippen molar-refractivity contribution < 1.29 is 14.3 Å². The van der Waals surface area contributed by atoms with Gasteiger partial charge in [-0.25, -0.2) is 0 Å². The fourth-order valence-corrected chi connectivity index (χ4v) is 2.31. The van der Waals surface area contributed by atoms with Gasteiger partial charge in [0.15, 0.2) is 0 Å². The second kappa shape index (κ2) is 3.68. The fourth-order valence-electron chi connectivity index (χ4n) is 2.31. The predicted molar refractivity (Wildman–Crippen MR) is 53.9 cm³/mol. The fraction of sp³-hybridized carbons (Fsp3) is 0.636. The second-order valence-corrected chi connectivity index (χ2v) is 4.25. The van der Waals surface area contributed by atoms with Crippen LogP contribution in [0.15, 0.2) is 11.8 Å². The molecule has 82 valence electrons. The van der Waals surface area contributed by atoms with Crippen molar-refractivity contribution in [3.8, 4) is 0 Å². The molecule has 1 saturated heterocycles. The van der Waals surface area contributed by atoms with Crippen LogP contribution in [0, 0.1) is 11.8 Å². The summed E-state index contributed by atoms with van der Waals surface area (Å²) in [6.45, 7) is 2.59. The minimum absolute atomic E-state index is 0.00926. The van der Waals surface area contributed by atoms with Gasteiger partial charge in [-0.15, -0.1) is 0 Å². The smallest absolute Gasteiger partial charge is 0.252 e. The van der Waals surface area contributed by atoms with Gasteiger partial charge >= 0.3 is 0 Å². The minimum Gasteiger partial charge on any atom is -0.497 e. The molecule has 2 aliphatic heterocycles. The Morgan fingerprint density at radius 1 is 1.60 bits per heavy atom. The van der Waals surface area contributed by atoms with Crippen LogP contribution in [0.4, 0.5) is 0 Å². The molecule has 1 amide bonds. The molecule has 0 aliphatic carbocycles. The molecule has 2 aliphatic rings. The lowest BCUT2D eigenvalue weighted by Crippen LogP contribution is -2.45. The third-order valence-corrected chi connectivity index (χ3v) is 3.34. The van der Waals surface area contributed by atoms with Gasteiger partial charge in [0.1, 0.15) is 12.4 Å². The zero-order valence-electron chi connectivity index (χ0n) is 8.97. The Bertz CT molecular complexity index is 324. The number of ether oxygens (including phenoxy) is 1. The van der Waals surface area contributed by atoms with E-state index in [4.69, 9.17) is 4.74 Å². The number of carbonyl (C=O) groups excluding carboxylic acids is 2. The summed E-state index contributed by atoms with van der Waals surface area (Å²) >= 11 is 0. The summed E-state index contributed by atoms with van der Waals surface area (Å²) in [6, 6.07) is 0. The van der Waals surface area contributed by atoms with Gasteiger partial charge in [0.05, 0.1) is 17.8 Å². The maximum atomic E-state index is 11.8. The normalized spacial score (nSPS) is 35.3. The minimum atomic E-state index is -0.178. The summed E-state index contributed by atoms with van der Waals surface area (Å²) in [5.74, 6) is -0.136. The Balaban J connectivity index is 2.30. The molecule has 3 atom stereocenters. The lowest BCUT2D eigenvalue weighted by molar-refractivity contribution is -0.131. The van der Waals surface area contributed by atoms with Gasteiger partial charge in [-0.1, -0.05) is 0 Å². The summed E-state index contributed by atoms with van der Waals surface area (Å²) < 4.78 is 5.33. The van der Waals surface area contributed by atoms with Crippen LogP contribution in [-0.4, -0.2) is 36.8 Å². The molecule has 0 saturated carbocycles. The van der Waals surface area contributed by atoms with E-state index in [1.807, 2.05) is 6.92 Å². The topological polar surface area (TPSA) is 46.6 Å². The van der Waals surface area contributed by atoms with Crippen molar-refractivity contribution >= 4 is 12.2 Å². The van der Waals surface area contributed by atoms with E-state index < -0.39 is 0 Å². The van der Waals surface area contributed by atoms with Crippen molar-refractivity contribution in [3.05, 3.63) is 11.8 Å². The van der Waals surface area contributed by atoms with Crippen LogP contribution in [0.5, 0.6) is 0 Å². The van der Waals surface area contributed by atoms with Crippen molar-refractivity contribution in [2.75, 3.05) is 13.6 Å². The van der Waals surface area contributed by atoms with Crippen LogP contribution in [0.3, 0.4) is 0 Å². The molecular weight excluding hydrogens is 194 g/mol. The van der Waals surface area contributed by atoms with E-state index in [1.165, 1.54) is 6.26 Å². The van der Waals surface area contributed by atoms with Gasteiger partial charge in [0.25, 0.3) is 5.91 Å². The summed E-state index contributed by atoms with van der Waals surface area (Å²) in [5, 5.41) is 0. The summed E-state index contributed by atoms with van der Waals surface area (Å²) in [7, 11) is 1.77. The highest BCUT2D eigenvalue weighted by Crippen LogP contribution is 2.35. The van der Waals surface area contributed by atoms with E-state index in [0.29, 0.717) is 5.57 Å². The van der Waals surface area contributed by atoms with Gasteiger partial charge in [0.2, 0.25) is 0 Å². The number of amides is 1. The van der Waals surface area contributed by atoms with Gasteiger partial charge in [-0.2, -0.15) is 0 Å². The van der Waals surface area contributed by atoms with E-state index in [1.54, 1.807) is 11.9 Å². The lowest BCUT2D eigenvalue weighted by atomic mass is 9.78. The summed E-state index contributed by atoms with van der Waals surface area (Å²) in [5.41, 5.74) is 0.652. The Hall–Kier alpha value is -1.32. The highest BCUT2D eigenvalue weighted by atomic mass is 16.5. The monoisotopic (exact) mass is 209 g/mol. The molecule has 0 aromatic rings. The Morgan fingerprint density at radius 3 is 3.00 bits per heavy atom. The molecule has 0 aromatic carbocycles. The molecular formula is C11H15NO3. The number of fused-ring (bicyclic) bond motifs is 1. The predicted octanol–water partition coefficient (Wildman–Crippen LogP) is 0.582. The first kappa shape index (κ1) is 10.2. The van der Waals surface area contributed by atoms with E-state index in [9.17, 15) is 9.59 Å². The van der Waals surface area contributed by atoms with E-state index in [2.05, 4.69) is 0 Å². The van der Waals surface area contributed by atoms with Crippen LogP contribution in [0.2, 0.25) is 0 Å². The van der Waals surface area contributed by atoms with Crippen molar-refractivity contribution in [1.29, 1.82) is 0 Å². The number of piperidine rings is 1. The average Bonchev–Trinajstić information content (AvgIpc) is 2.23. The molecule has 0 N–H and O–H groups in total. The first-order valence-corrected chi connectivity index (χ1v) is 5.21. The zero-order valence-corrected chi connectivity index (χ0v) is 8.97. The van der Waals surface area contributed by atoms with E-state index >= 15 is 0 Å². The second-order valence-electron chi connectivity index (χ2n) is 4.25. The van der Waals surface area contributed by atoms with Gasteiger partial charge in [0, 0.05) is 19.5 Å². The summed E-state index contributed by atoms with van der Waals surface area (Å²) in [4.78, 5) is 24.4. The quantitative estimate of drug-likeness (QED) is 0.593. The van der Waals surface area contributed by atoms with Gasteiger partial charge < -0.3 is 14.4 Å². The van der Waals surface area contributed by atoms with Crippen molar-refractivity contribution in [2.45, 2.75) is 19.4 Å². The summed E-state index contributed by atoms with van der Waals surface area (Å²) in [6.07, 6.45) is 3.19. The molecule has 2 heterocycles. The molecule has 1 fully saturated rings. The van der Waals surface area contributed by atoms with Crippen molar-refractivity contribution in [2.24, 2.45) is 11.8 Å². The average molecular weight is 209 g/mol. The van der Waals surface area contributed by atoms with E-state index in [0.717, 1.165) is 19.3 Å². The van der Waals surface area contributed by atoms with Crippen molar-refractivity contribution in [3.63, 3.8) is 0 Å². The highest BCUT2D eigenvalue weighted by molar-refractivity contribution is 5.95. The number of aldehydes is 1. The molecule has 0 spiro atoms. The molecule has 4 nitrogen and oxygen atoms in total. The number of rotatable bonds is 1. The third-order valence-electron chi connectivity index (χ3n) is 3.34. The molecule has 15 heavy (non-hydrogen) atoms. The van der Waals surface area contributed by atoms with Gasteiger partial charge in [-0.05, 0) is 13.3 Å². The molecule has 4 heteroatoms. The van der Waals surface area contributed by atoms with Crippen LogP contribution in [-0.2, 0) is 14.3 Å². The van der Waals surface area contributed by atoms with Crippen LogP contribution >= 0.6 is 0 Å². The van der Waals surface area contributed by atoms with Crippen LogP contribution < -0.4 is 0 Å². The molecule has 0 radical (unpaired) electrons. The Kier molecular flexibility index (Phi) is 2.50. The maximum Gasteiger partial charge on any atom is 0.252 e. The van der Waals surface area contributed by atoms with Gasteiger partial charge in [-0.3, -0.25) is 4.79 Å². The Morgan fingerprint density at radius 2 is 2.33 bits per heavy atom. The number of carbonyl (C=O) groups is 2. The highest BCUT2D eigenvalue weighted by Gasteiger charge is 2.40. The first-order valence-electron chi connectivity index (χ1n) is 5.21. The van der Waals surface area contributed by atoms with Crippen LogP contribution in [0.25, 0.3) is 0 Å². The zero-order chi connectivity index (χ0) is 11.0. The third kappa shape index (κ3) is 1.54. The van der Waals surface area contributed by atoms with Crippen molar-refractivity contribution in [1.82, 2.24) is 4.90 Å². The number of likely N-dealkylation sites (tertiary alicyclic amines) is 1. The number of hydrogen-bond donors (Lipinski definition) is 0. The van der Waals surface area contributed by atoms with E-state index in [-0.39, 0.29) is 23.8 Å². The molecule has 0 unspecified atom stereocenters. The number of nitrogens with zero attached hydrogens (tertiary/aromatic N) is 1. The van der Waals surface area contributed by atoms with Crippen LogP contribution in [0.1, 0.15) is 13.3 Å². The Labute approximate surface area is 88.9 Å². The SMILES string of the molecule is C[C@H]1OC=C2C(=O)N(C)CC[C@H]2[C@@H]1C=O. The number of likely N-dealkylation sites (N-methyl/N-ethyl adjacent to an activating group) is 1. The molecule has 0 aromatic heterocycles. The molecule has 0 bridgehead atoms.